The first-order valence-corrected chi connectivity index (χ1v) is 11.2. The summed E-state index contributed by atoms with van der Waals surface area (Å²) >= 11 is 6.15. The van der Waals surface area contributed by atoms with Gasteiger partial charge in [-0.05, 0) is 43.5 Å². The van der Waals surface area contributed by atoms with E-state index < -0.39 is 10.0 Å². The molecule has 28 heavy (non-hydrogen) atoms. The highest BCUT2D eigenvalue weighted by molar-refractivity contribution is 7.89. The Hall–Kier alpha value is -1.89. The number of nitrogens with zero attached hydrogens (tertiary/aromatic N) is 2. The molecule has 0 N–H and O–H groups in total. The molecule has 2 aromatic carbocycles. The first-order valence-electron chi connectivity index (χ1n) is 9.37. The molecular formula is C21H25ClN2O3S. The number of aryl methyl sites for hydroxylation is 3. The van der Waals surface area contributed by atoms with E-state index in [0.717, 1.165) is 16.7 Å². The molecule has 1 saturated heterocycles. The van der Waals surface area contributed by atoms with Crippen LogP contribution in [0.25, 0.3) is 0 Å². The van der Waals surface area contributed by atoms with E-state index in [2.05, 4.69) is 0 Å². The van der Waals surface area contributed by atoms with E-state index in [1.54, 1.807) is 11.0 Å². The van der Waals surface area contributed by atoms with Crippen molar-refractivity contribution in [2.75, 3.05) is 26.2 Å². The van der Waals surface area contributed by atoms with E-state index in [1.807, 2.05) is 50.2 Å². The average Bonchev–Trinajstić information content (AvgIpc) is 2.67. The molecular weight excluding hydrogens is 396 g/mol. The van der Waals surface area contributed by atoms with Gasteiger partial charge in [0.15, 0.2) is 0 Å². The predicted octanol–water partition coefficient (Wildman–Crippen LogP) is 3.42. The summed E-state index contributed by atoms with van der Waals surface area (Å²) in [4.78, 5) is 14.6. The standard InChI is InChI=1S/C21H25ClN2O3S/c1-16-7-9-20(17(2)15-16)28(26,27)24-13-11-23(12-14-24)21(25)10-8-18-5-3-4-6-19(18)22/h3-7,9,15H,8,10-14H2,1-2H3. The molecule has 0 radical (unpaired) electrons. The highest BCUT2D eigenvalue weighted by Crippen LogP contribution is 2.23. The normalized spacial score (nSPS) is 15.6. The van der Waals surface area contributed by atoms with E-state index in [4.69, 9.17) is 11.6 Å². The number of benzene rings is 2. The summed E-state index contributed by atoms with van der Waals surface area (Å²) in [7, 11) is -3.54. The molecule has 0 spiro atoms. The van der Waals surface area contributed by atoms with Crippen LogP contribution in [0, 0.1) is 13.8 Å². The fourth-order valence-corrected chi connectivity index (χ4v) is 5.36. The van der Waals surface area contributed by atoms with Gasteiger partial charge in [0.1, 0.15) is 0 Å². The summed E-state index contributed by atoms with van der Waals surface area (Å²) in [6.45, 7) is 5.20. The molecule has 0 unspecified atom stereocenters. The van der Waals surface area contributed by atoms with Crippen molar-refractivity contribution in [3.8, 4) is 0 Å². The Morgan fingerprint density at radius 3 is 2.36 bits per heavy atom. The van der Waals surface area contributed by atoms with Crippen LogP contribution in [0.1, 0.15) is 23.1 Å². The molecule has 2 aromatic rings. The maximum Gasteiger partial charge on any atom is 0.243 e. The molecule has 5 nitrogen and oxygen atoms in total. The third-order valence-electron chi connectivity index (χ3n) is 5.11. The third kappa shape index (κ3) is 4.57. The average molecular weight is 421 g/mol. The number of halogens is 1. The number of amides is 1. The first-order chi connectivity index (χ1) is 13.3. The van der Waals surface area contributed by atoms with Crippen LogP contribution in [0.15, 0.2) is 47.4 Å². The Morgan fingerprint density at radius 2 is 1.71 bits per heavy atom. The highest BCUT2D eigenvalue weighted by Gasteiger charge is 2.30. The van der Waals surface area contributed by atoms with E-state index in [1.165, 1.54) is 4.31 Å². The molecule has 0 aromatic heterocycles. The lowest BCUT2D eigenvalue weighted by Crippen LogP contribution is -2.50. The number of carbonyl (C=O) groups excluding carboxylic acids is 1. The van der Waals surface area contributed by atoms with E-state index >= 15 is 0 Å². The van der Waals surface area contributed by atoms with Crippen LogP contribution < -0.4 is 0 Å². The molecule has 0 saturated carbocycles. The van der Waals surface area contributed by atoms with Gasteiger partial charge in [0.05, 0.1) is 4.90 Å². The number of hydrogen-bond donors (Lipinski definition) is 0. The van der Waals surface area contributed by atoms with Crippen molar-refractivity contribution in [3.63, 3.8) is 0 Å². The monoisotopic (exact) mass is 420 g/mol. The molecule has 1 aliphatic heterocycles. The zero-order chi connectivity index (χ0) is 20.3. The molecule has 150 valence electrons. The lowest BCUT2D eigenvalue weighted by atomic mass is 10.1. The van der Waals surface area contributed by atoms with Gasteiger partial charge in [0, 0.05) is 37.6 Å². The van der Waals surface area contributed by atoms with Crippen molar-refractivity contribution in [2.45, 2.75) is 31.6 Å². The van der Waals surface area contributed by atoms with Crippen molar-refractivity contribution in [1.29, 1.82) is 0 Å². The molecule has 0 aliphatic carbocycles. The minimum atomic E-state index is -3.54. The minimum absolute atomic E-state index is 0.0310. The Labute approximate surface area is 172 Å². The van der Waals surface area contributed by atoms with Gasteiger partial charge in [-0.1, -0.05) is 47.5 Å². The van der Waals surface area contributed by atoms with Gasteiger partial charge >= 0.3 is 0 Å². The van der Waals surface area contributed by atoms with Crippen LogP contribution in [0.5, 0.6) is 0 Å². The second-order valence-corrected chi connectivity index (χ2v) is 9.46. The molecule has 0 atom stereocenters. The van der Waals surface area contributed by atoms with Gasteiger partial charge in [-0.15, -0.1) is 0 Å². The lowest BCUT2D eigenvalue weighted by Gasteiger charge is -2.34. The van der Waals surface area contributed by atoms with Gasteiger partial charge in [0.2, 0.25) is 15.9 Å². The predicted molar refractivity (Wildman–Crippen MR) is 111 cm³/mol. The largest absolute Gasteiger partial charge is 0.340 e. The zero-order valence-corrected chi connectivity index (χ0v) is 17.8. The second kappa shape index (κ2) is 8.64. The Morgan fingerprint density at radius 1 is 1.04 bits per heavy atom. The minimum Gasteiger partial charge on any atom is -0.340 e. The van der Waals surface area contributed by atoms with Crippen molar-refractivity contribution in [1.82, 2.24) is 9.21 Å². The second-order valence-electron chi connectivity index (χ2n) is 7.15. The molecule has 3 rings (SSSR count). The quantitative estimate of drug-likeness (QED) is 0.744. The molecule has 1 fully saturated rings. The summed E-state index contributed by atoms with van der Waals surface area (Å²) in [5.74, 6) is 0.0310. The Balaban J connectivity index is 1.59. The first kappa shape index (κ1) is 20.8. The fourth-order valence-electron chi connectivity index (χ4n) is 3.51. The summed E-state index contributed by atoms with van der Waals surface area (Å²) in [6, 6.07) is 12.9. The molecule has 1 aliphatic rings. The van der Waals surface area contributed by atoms with E-state index in [-0.39, 0.29) is 5.91 Å². The van der Waals surface area contributed by atoms with Crippen LogP contribution >= 0.6 is 11.6 Å². The third-order valence-corrected chi connectivity index (χ3v) is 7.53. The summed E-state index contributed by atoms with van der Waals surface area (Å²) < 4.78 is 27.4. The number of rotatable bonds is 5. The van der Waals surface area contributed by atoms with Crippen LogP contribution in [-0.2, 0) is 21.2 Å². The summed E-state index contributed by atoms with van der Waals surface area (Å²) in [5, 5.41) is 0.666. The Kier molecular flexibility index (Phi) is 6.43. The number of carbonyl (C=O) groups is 1. The lowest BCUT2D eigenvalue weighted by molar-refractivity contribution is -0.132. The van der Waals surface area contributed by atoms with E-state index in [0.29, 0.717) is 48.9 Å². The number of sulfonamides is 1. The molecule has 7 heteroatoms. The topological polar surface area (TPSA) is 57.7 Å². The zero-order valence-electron chi connectivity index (χ0n) is 16.2. The molecule has 0 bridgehead atoms. The number of hydrogen-bond acceptors (Lipinski definition) is 3. The van der Waals surface area contributed by atoms with Crippen LogP contribution in [0.4, 0.5) is 0 Å². The molecule has 1 heterocycles. The van der Waals surface area contributed by atoms with Gasteiger partial charge in [-0.2, -0.15) is 4.31 Å². The maximum absolute atomic E-state index is 13.0. The number of piperazine rings is 1. The van der Waals surface area contributed by atoms with Crippen molar-refractivity contribution in [2.24, 2.45) is 0 Å². The van der Waals surface area contributed by atoms with Crippen molar-refractivity contribution < 1.29 is 13.2 Å². The van der Waals surface area contributed by atoms with Crippen LogP contribution in [0.3, 0.4) is 0 Å². The van der Waals surface area contributed by atoms with Gasteiger partial charge in [0.25, 0.3) is 0 Å². The smallest absolute Gasteiger partial charge is 0.243 e. The van der Waals surface area contributed by atoms with E-state index in [9.17, 15) is 13.2 Å². The van der Waals surface area contributed by atoms with Gasteiger partial charge in [-0.25, -0.2) is 8.42 Å². The highest BCUT2D eigenvalue weighted by atomic mass is 35.5. The molecule has 1 amide bonds. The maximum atomic E-state index is 13.0. The van der Waals surface area contributed by atoms with Gasteiger partial charge < -0.3 is 4.90 Å². The van der Waals surface area contributed by atoms with Crippen molar-refractivity contribution in [3.05, 3.63) is 64.2 Å². The fraction of sp³-hybridized carbons (Fsp3) is 0.381. The SMILES string of the molecule is Cc1ccc(S(=O)(=O)N2CCN(C(=O)CCc3ccccc3Cl)CC2)c(C)c1. The van der Waals surface area contributed by atoms with Crippen molar-refractivity contribution >= 4 is 27.5 Å². The Bertz CT molecular complexity index is 967. The summed E-state index contributed by atoms with van der Waals surface area (Å²) in [5.41, 5.74) is 2.73. The van der Waals surface area contributed by atoms with Crippen LogP contribution in [0.2, 0.25) is 5.02 Å². The van der Waals surface area contributed by atoms with Crippen LogP contribution in [-0.4, -0.2) is 49.7 Å². The summed E-state index contributed by atoms with van der Waals surface area (Å²) in [6.07, 6.45) is 0.952. The van der Waals surface area contributed by atoms with Gasteiger partial charge in [-0.3, -0.25) is 4.79 Å².